The summed E-state index contributed by atoms with van der Waals surface area (Å²) in [4.78, 5) is 4.61. The number of aryl methyl sites for hydroxylation is 1. The molecule has 18 heavy (non-hydrogen) atoms. The molecule has 2 nitrogen and oxygen atoms in total. The Morgan fingerprint density at radius 2 is 2.11 bits per heavy atom. The van der Waals surface area contributed by atoms with E-state index >= 15 is 0 Å². The molecule has 2 saturated carbocycles. The molecule has 2 unspecified atom stereocenters. The monoisotopic (exact) mass is 264 g/mol. The van der Waals surface area contributed by atoms with E-state index in [1.807, 2.05) is 0 Å². The van der Waals surface area contributed by atoms with E-state index in [1.54, 1.807) is 11.3 Å². The van der Waals surface area contributed by atoms with Crippen LogP contribution in [0.5, 0.6) is 0 Å². The highest BCUT2D eigenvalue weighted by atomic mass is 32.1. The van der Waals surface area contributed by atoms with Crippen molar-refractivity contribution in [3.05, 3.63) is 16.1 Å². The van der Waals surface area contributed by atoms with Crippen LogP contribution < -0.4 is 5.32 Å². The van der Waals surface area contributed by atoms with Crippen molar-refractivity contribution in [3.63, 3.8) is 0 Å². The molecule has 2 atom stereocenters. The average Bonchev–Trinajstić information content (AvgIpc) is 2.82. The Morgan fingerprint density at radius 1 is 1.33 bits per heavy atom. The number of hydrogen-bond acceptors (Lipinski definition) is 3. The van der Waals surface area contributed by atoms with E-state index < -0.39 is 0 Å². The lowest BCUT2D eigenvalue weighted by atomic mass is 9.57. The number of nitrogens with zero attached hydrogens (tertiary/aromatic N) is 1. The van der Waals surface area contributed by atoms with Crippen LogP contribution in [-0.4, -0.2) is 11.0 Å². The molecule has 1 N–H and O–H groups in total. The number of hydrogen-bond donors (Lipinski definition) is 1. The van der Waals surface area contributed by atoms with Gasteiger partial charge in [-0.3, -0.25) is 0 Å². The van der Waals surface area contributed by atoms with E-state index in [9.17, 15) is 0 Å². The zero-order valence-electron chi connectivity index (χ0n) is 11.5. The molecular formula is C15H24N2S. The SMILES string of the molecule is Cc1csc(C(C)NC2CCC23CCCCC3)n1. The first-order valence-electron chi connectivity index (χ1n) is 7.38. The predicted octanol–water partition coefficient (Wildman–Crippen LogP) is 4.22. The van der Waals surface area contributed by atoms with Gasteiger partial charge in [-0.15, -0.1) is 11.3 Å². The average molecular weight is 264 g/mol. The second-order valence-corrected chi connectivity index (χ2v) is 7.12. The lowest BCUT2D eigenvalue weighted by Crippen LogP contribution is -2.54. The first-order valence-corrected chi connectivity index (χ1v) is 8.26. The molecule has 3 heteroatoms. The van der Waals surface area contributed by atoms with Crippen LogP contribution in [-0.2, 0) is 0 Å². The Balaban J connectivity index is 1.62. The summed E-state index contributed by atoms with van der Waals surface area (Å²) in [7, 11) is 0. The van der Waals surface area contributed by atoms with Crippen LogP contribution in [0.2, 0.25) is 0 Å². The molecule has 2 aliphatic carbocycles. The largest absolute Gasteiger partial charge is 0.305 e. The van der Waals surface area contributed by atoms with E-state index in [-0.39, 0.29) is 0 Å². The summed E-state index contributed by atoms with van der Waals surface area (Å²) in [6.07, 6.45) is 10.1. The van der Waals surface area contributed by atoms with Crippen molar-refractivity contribution in [2.45, 2.75) is 70.9 Å². The highest BCUT2D eigenvalue weighted by Crippen LogP contribution is 2.52. The van der Waals surface area contributed by atoms with Crippen molar-refractivity contribution in [1.29, 1.82) is 0 Å². The molecule has 2 aliphatic rings. The van der Waals surface area contributed by atoms with Gasteiger partial charge in [0.1, 0.15) is 5.01 Å². The molecule has 1 spiro atoms. The second-order valence-electron chi connectivity index (χ2n) is 6.23. The fourth-order valence-electron chi connectivity index (χ4n) is 3.76. The molecule has 0 aliphatic heterocycles. The quantitative estimate of drug-likeness (QED) is 0.884. The topological polar surface area (TPSA) is 24.9 Å². The van der Waals surface area contributed by atoms with Gasteiger partial charge in [0, 0.05) is 17.1 Å². The van der Waals surface area contributed by atoms with Gasteiger partial charge in [-0.05, 0) is 44.9 Å². The van der Waals surface area contributed by atoms with Crippen molar-refractivity contribution in [1.82, 2.24) is 10.3 Å². The van der Waals surface area contributed by atoms with Crippen LogP contribution in [0.25, 0.3) is 0 Å². The number of nitrogens with one attached hydrogen (secondary N) is 1. The standard InChI is InChI=1S/C15H24N2S/c1-11-10-18-14(16-11)12(2)17-13-6-9-15(13)7-4-3-5-8-15/h10,12-13,17H,3-9H2,1-2H3. The first-order chi connectivity index (χ1) is 8.70. The van der Waals surface area contributed by atoms with Crippen LogP contribution in [0.15, 0.2) is 5.38 Å². The third-order valence-electron chi connectivity index (χ3n) is 4.98. The summed E-state index contributed by atoms with van der Waals surface area (Å²) in [6.45, 7) is 4.35. The summed E-state index contributed by atoms with van der Waals surface area (Å²) >= 11 is 1.80. The summed E-state index contributed by atoms with van der Waals surface area (Å²) in [5.74, 6) is 0. The van der Waals surface area contributed by atoms with Crippen molar-refractivity contribution in [2.24, 2.45) is 5.41 Å². The fourth-order valence-corrected chi connectivity index (χ4v) is 4.57. The van der Waals surface area contributed by atoms with Gasteiger partial charge in [-0.2, -0.15) is 0 Å². The highest BCUT2D eigenvalue weighted by molar-refractivity contribution is 7.09. The van der Waals surface area contributed by atoms with Gasteiger partial charge < -0.3 is 5.32 Å². The van der Waals surface area contributed by atoms with Crippen molar-refractivity contribution >= 4 is 11.3 Å². The maximum Gasteiger partial charge on any atom is 0.110 e. The van der Waals surface area contributed by atoms with Crippen LogP contribution in [0.4, 0.5) is 0 Å². The minimum Gasteiger partial charge on any atom is -0.305 e. The van der Waals surface area contributed by atoms with E-state index in [2.05, 4.69) is 29.5 Å². The smallest absolute Gasteiger partial charge is 0.110 e. The zero-order valence-corrected chi connectivity index (χ0v) is 12.4. The maximum absolute atomic E-state index is 4.61. The van der Waals surface area contributed by atoms with E-state index in [1.165, 1.54) is 50.0 Å². The second kappa shape index (κ2) is 4.93. The minimum atomic E-state index is 0.424. The molecule has 0 radical (unpaired) electrons. The van der Waals surface area contributed by atoms with Crippen LogP contribution in [0.1, 0.15) is 68.6 Å². The van der Waals surface area contributed by atoms with Gasteiger partial charge in [0.15, 0.2) is 0 Å². The molecule has 0 bridgehead atoms. The van der Waals surface area contributed by atoms with Gasteiger partial charge >= 0.3 is 0 Å². The fraction of sp³-hybridized carbons (Fsp3) is 0.800. The van der Waals surface area contributed by atoms with Crippen LogP contribution in [0.3, 0.4) is 0 Å². The van der Waals surface area contributed by atoms with Crippen LogP contribution in [0, 0.1) is 12.3 Å². The maximum atomic E-state index is 4.61. The van der Waals surface area contributed by atoms with Gasteiger partial charge in [-0.25, -0.2) is 4.98 Å². The van der Waals surface area contributed by atoms with Crippen molar-refractivity contribution < 1.29 is 0 Å². The summed E-state index contributed by atoms with van der Waals surface area (Å²) in [5.41, 5.74) is 1.81. The molecule has 1 heterocycles. The molecule has 3 rings (SSSR count). The number of thiazole rings is 1. The van der Waals surface area contributed by atoms with Crippen molar-refractivity contribution in [2.75, 3.05) is 0 Å². The molecule has 1 aromatic rings. The molecule has 1 aromatic heterocycles. The Kier molecular flexibility index (Phi) is 3.46. The predicted molar refractivity (Wildman–Crippen MR) is 76.9 cm³/mol. The van der Waals surface area contributed by atoms with Gasteiger partial charge in [0.2, 0.25) is 0 Å². The van der Waals surface area contributed by atoms with Gasteiger partial charge in [-0.1, -0.05) is 19.3 Å². The highest BCUT2D eigenvalue weighted by Gasteiger charge is 2.47. The molecular weight excluding hydrogens is 240 g/mol. The number of aromatic nitrogens is 1. The van der Waals surface area contributed by atoms with E-state index in [4.69, 9.17) is 0 Å². The molecule has 2 fully saturated rings. The third-order valence-corrected chi connectivity index (χ3v) is 6.12. The lowest BCUT2D eigenvalue weighted by Gasteiger charge is -2.53. The van der Waals surface area contributed by atoms with E-state index in [0.29, 0.717) is 11.5 Å². The van der Waals surface area contributed by atoms with E-state index in [0.717, 1.165) is 11.7 Å². The molecule has 0 aromatic carbocycles. The van der Waals surface area contributed by atoms with Crippen LogP contribution >= 0.6 is 11.3 Å². The summed E-state index contributed by atoms with van der Waals surface area (Å²) < 4.78 is 0. The lowest BCUT2D eigenvalue weighted by molar-refractivity contribution is 0.0174. The number of rotatable bonds is 3. The zero-order chi connectivity index (χ0) is 12.6. The first kappa shape index (κ1) is 12.6. The minimum absolute atomic E-state index is 0.424. The molecule has 0 saturated heterocycles. The van der Waals surface area contributed by atoms with Gasteiger partial charge in [0.05, 0.1) is 6.04 Å². The normalized spacial score (nSPS) is 28.0. The van der Waals surface area contributed by atoms with Gasteiger partial charge in [0.25, 0.3) is 0 Å². The molecule has 0 amide bonds. The summed E-state index contributed by atoms with van der Waals surface area (Å²) in [5, 5.41) is 7.27. The third kappa shape index (κ3) is 2.23. The van der Waals surface area contributed by atoms with Crippen molar-refractivity contribution in [3.8, 4) is 0 Å². The Morgan fingerprint density at radius 3 is 2.67 bits per heavy atom. The Labute approximate surface area is 114 Å². The Bertz CT molecular complexity index is 406. The Hall–Kier alpha value is -0.410. The summed E-state index contributed by atoms with van der Waals surface area (Å²) in [6, 6.07) is 1.17. The molecule has 100 valence electrons.